The Kier molecular flexibility index (Phi) is 9.20. The lowest BCUT2D eigenvalue weighted by Gasteiger charge is -2.32. The van der Waals surface area contributed by atoms with Crippen LogP contribution in [0.1, 0.15) is 62.2 Å². The zero-order valence-electron chi connectivity index (χ0n) is 24.4. The number of aromatic nitrogens is 2. The third-order valence-electron chi connectivity index (χ3n) is 7.91. The molecule has 0 unspecified atom stereocenters. The lowest BCUT2D eigenvalue weighted by atomic mass is 9.88. The van der Waals surface area contributed by atoms with E-state index in [1.54, 1.807) is 45.4 Å². The first-order valence-corrected chi connectivity index (χ1v) is 14.7. The van der Waals surface area contributed by atoms with Gasteiger partial charge in [0.25, 0.3) is 5.79 Å². The van der Waals surface area contributed by atoms with Gasteiger partial charge in [-0.25, -0.2) is 14.2 Å². The Morgan fingerprint density at radius 2 is 2.05 bits per heavy atom. The molecule has 1 aromatic heterocycles. The smallest absolute Gasteiger partial charge is 0.330 e. The minimum absolute atomic E-state index is 0.0205. The molecule has 2 aliphatic rings. The highest BCUT2D eigenvalue weighted by molar-refractivity contribution is 6.30. The van der Waals surface area contributed by atoms with Crippen LogP contribution in [0.4, 0.5) is 4.39 Å². The Hall–Kier alpha value is -3.40. The summed E-state index contributed by atoms with van der Waals surface area (Å²) in [6.45, 7) is 8.89. The number of imidazole rings is 1. The van der Waals surface area contributed by atoms with Crippen molar-refractivity contribution in [1.29, 1.82) is 0 Å². The molecule has 2 atom stereocenters. The largest absolute Gasteiger partial charge is 0.463 e. The highest BCUT2D eigenvalue weighted by Gasteiger charge is 2.43. The van der Waals surface area contributed by atoms with Crippen LogP contribution >= 0.6 is 11.6 Å². The summed E-state index contributed by atoms with van der Waals surface area (Å²) in [7, 11) is 1.68. The molecule has 1 saturated heterocycles. The van der Waals surface area contributed by atoms with Crippen molar-refractivity contribution in [3.63, 3.8) is 0 Å². The van der Waals surface area contributed by atoms with Crippen LogP contribution in [0.25, 0.3) is 6.08 Å². The van der Waals surface area contributed by atoms with E-state index in [1.807, 2.05) is 19.1 Å². The second-order valence-corrected chi connectivity index (χ2v) is 11.3. The number of methoxy groups -OCH3 is 1. The van der Waals surface area contributed by atoms with Crippen LogP contribution in [-0.4, -0.2) is 53.3 Å². The predicted molar refractivity (Wildman–Crippen MR) is 158 cm³/mol. The average Bonchev–Trinajstić information content (AvgIpc) is 3.52. The summed E-state index contributed by atoms with van der Waals surface area (Å²) in [5.41, 5.74) is 2.21. The summed E-state index contributed by atoms with van der Waals surface area (Å²) >= 11 is 5.97. The normalized spacial score (nSPS) is 19.9. The number of para-hydroxylation sites is 1. The Labute approximate surface area is 251 Å². The first-order valence-electron chi connectivity index (χ1n) is 14.3. The van der Waals surface area contributed by atoms with E-state index in [0.717, 1.165) is 43.0 Å². The van der Waals surface area contributed by atoms with E-state index >= 15 is 0 Å². The van der Waals surface area contributed by atoms with Gasteiger partial charge in [-0.2, -0.15) is 0 Å². The molecule has 0 N–H and O–H groups in total. The van der Waals surface area contributed by atoms with Crippen LogP contribution in [0.5, 0.6) is 11.5 Å². The van der Waals surface area contributed by atoms with Gasteiger partial charge in [-0.15, -0.1) is 0 Å². The topological polar surface area (TPSA) is 75.0 Å². The molecule has 10 heteroatoms. The van der Waals surface area contributed by atoms with Crippen LogP contribution in [0, 0.1) is 5.82 Å². The van der Waals surface area contributed by atoms with Crippen molar-refractivity contribution < 1.29 is 28.1 Å². The summed E-state index contributed by atoms with van der Waals surface area (Å²) in [5.74, 6) is 0.357. The second-order valence-electron chi connectivity index (χ2n) is 10.8. The summed E-state index contributed by atoms with van der Waals surface area (Å²) in [6, 6.07) is 10.4. The fourth-order valence-corrected chi connectivity index (χ4v) is 5.77. The average molecular weight is 598 g/mol. The number of piperidine rings is 1. The number of hydrogen-bond donors (Lipinski definition) is 0. The Balaban J connectivity index is 1.27. The predicted octanol–water partition coefficient (Wildman–Crippen LogP) is 6.31. The summed E-state index contributed by atoms with van der Waals surface area (Å²) in [5, 5.41) is 0.322. The Morgan fingerprint density at radius 1 is 1.26 bits per heavy atom. The first kappa shape index (κ1) is 30.1. The van der Waals surface area contributed by atoms with E-state index in [0.29, 0.717) is 41.8 Å². The molecule has 8 nitrogen and oxygen atoms in total. The molecule has 42 heavy (non-hydrogen) atoms. The Bertz CT molecular complexity index is 1450. The minimum Gasteiger partial charge on any atom is -0.463 e. The van der Waals surface area contributed by atoms with Gasteiger partial charge in [0.05, 0.1) is 43.3 Å². The van der Waals surface area contributed by atoms with Crippen molar-refractivity contribution in [3.05, 3.63) is 82.2 Å². The minimum atomic E-state index is -1.27. The molecule has 2 aromatic carbocycles. The number of hydrogen-bond acceptors (Lipinski definition) is 7. The van der Waals surface area contributed by atoms with Crippen molar-refractivity contribution in [2.45, 2.75) is 64.5 Å². The van der Waals surface area contributed by atoms with Gasteiger partial charge < -0.3 is 23.5 Å². The number of benzene rings is 2. The van der Waals surface area contributed by atoms with Crippen molar-refractivity contribution in [1.82, 2.24) is 14.5 Å². The molecule has 1 fully saturated rings. The number of halogens is 2. The number of rotatable bonds is 10. The number of fused-ring (bicyclic) bond motifs is 1. The van der Waals surface area contributed by atoms with Gasteiger partial charge in [-0.05, 0) is 76.0 Å². The number of esters is 1. The van der Waals surface area contributed by atoms with Gasteiger partial charge in [0.15, 0.2) is 11.5 Å². The van der Waals surface area contributed by atoms with Crippen LogP contribution < -0.4 is 9.47 Å². The molecule has 0 spiro atoms. The van der Waals surface area contributed by atoms with Gasteiger partial charge in [0.2, 0.25) is 0 Å². The van der Waals surface area contributed by atoms with Gasteiger partial charge in [-0.3, -0.25) is 4.90 Å². The molecule has 0 radical (unpaired) electrons. The third kappa shape index (κ3) is 6.48. The molecule has 0 saturated carbocycles. The van der Waals surface area contributed by atoms with Crippen molar-refractivity contribution >= 4 is 23.6 Å². The molecule has 3 heterocycles. The van der Waals surface area contributed by atoms with E-state index in [9.17, 15) is 9.18 Å². The standard InChI is InChI=1S/C32H37ClFN3O5/c1-5-40-30(38)12-10-24-18-35-29(37(24)19-21(2)39-4)20-36-15-13-22(14-16-36)25-7-6-8-28-31(25)42-32(3,41-28)26-11-9-23(33)17-27(26)34/h6-12,17-18,21-22H,5,13-16,19-20H2,1-4H3/b12-10+/t21-,32-/m0/s1. The fraction of sp³-hybridized carbons (Fsp3) is 0.438. The third-order valence-corrected chi connectivity index (χ3v) is 8.15. The maximum Gasteiger partial charge on any atom is 0.330 e. The van der Waals surface area contributed by atoms with Crippen molar-refractivity contribution in [3.8, 4) is 11.5 Å². The number of likely N-dealkylation sites (tertiary alicyclic amines) is 1. The number of ether oxygens (including phenoxy) is 4. The van der Waals surface area contributed by atoms with Gasteiger partial charge in [-0.1, -0.05) is 23.7 Å². The zero-order chi connectivity index (χ0) is 29.9. The molecule has 2 aliphatic heterocycles. The van der Waals surface area contributed by atoms with Crippen LogP contribution in [0.15, 0.2) is 48.7 Å². The summed E-state index contributed by atoms with van der Waals surface area (Å²) in [6.07, 6.45) is 6.79. The van der Waals surface area contributed by atoms with E-state index in [4.69, 9.17) is 35.5 Å². The molecular weight excluding hydrogens is 561 g/mol. The summed E-state index contributed by atoms with van der Waals surface area (Å²) in [4.78, 5) is 19.0. The lowest BCUT2D eigenvalue weighted by Crippen LogP contribution is -2.34. The van der Waals surface area contributed by atoms with E-state index in [-0.39, 0.29) is 18.0 Å². The maximum absolute atomic E-state index is 14.8. The van der Waals surface area contributed by atoms with Gasteiger partial charge in [0.1, 0.15) is 11.6 Å². The number of carbonyl (C=O) groups excluding carboxylic acids is 1. The quantitative estimate of drug-likeness (QED) is 0.200. The number of carbonyl (C=O) groups is 1. The maximum atomic E-state index is 14.8. The van der Waals surface area contributed by atoms with Crippen LogP contribution in [0.2, 0.25) is 5.02 Å². The van der Waals surface area contributed by atoms with E-state index in [1.165, 1.54) is 12.1 Å². The number of nitrogens with zero attached hydrogens (tertiary/aromatic N) is 3. The molecule has 0 bridgehead atoms. The van der Waals surface area contributed by atoms with Crippen LogP contribution in [0.3, 0.4) is 0 Å². The highest BCUT2D eigenvalue weighted by atomic mass is 35.5. The van der Waals surface area contributed by atoms with Gasteiger partial charge in [0, 0.05) is 30.7 Å². The first-order chi connectivity index (χ1) is 20.2. The van der Waals surface area contributed by atoms with Crippen LogP contribution in [-0.2, 0) is 33.1 Å². The molecule has 5 rings (SSSR count). The van der Waals surface area contributed by atoms with E-state index < -0.39 is 11.6 Å². The fourth-order valence-electron chi connectivity index (χ4n) is 5.61. The zero-order valence-corrected chi connectivity index (χ0v) is 25.2. The molecule has 224 valence electrons. The second kappa shape index (κ2) is 12.9. The van der Waals surface area contributed by atoms with Crippen molar-refractivity contribution in [2.24, 2.45) is 0 Å². The molecule has 0 amide bonds. The Morgan fingerprint density at radius 3 is 2.76 bits per heavy atom. The monoisotopic (exact) mass is 597 g/mol. The molecule has 3 aromatic rings. The lowest BCUT2D eigenvalue weighted by molar-refractivity contribution is -0.137. The van der Waals surface area contributed by atoms with E-state index in [2.05, 4.69) is 15.5 Å². The van der Waals surface area contributed by atoms with Gasteiger partial charge >= 0.3 is 5.97 Å². The van der Waals surface area contributed by atoms with Crippen molar-refractivity contribution in [2.75, 3.05) is 26.8 Å². The molecular formula is C32H37ClFN3O5. The summed E-state index contributed by atoms with van der Waals surface area (Å²) < 4.78 is 39.9. The SMILES string of the molecule is CCOC(=O)/C=C/c1cnc(CN2CCC(c3cccc4c3O[C@@](C)(c3ccc(Cl)cc3F)O4)CC2)n1C[C@H](C)OC. The molecule has 0 aliphatic carbocycles. The highest BCUT2D eigenvalue weighted by Crippen LogP contribution is 2.49.